The number of benzene rings is 1. The molecule has 1 saturated heterocycles. The molecule has 1 unspecified atom stereocenters. The van der Waals surface area contributed by atoms with Crippen LogP contribution in [0.15, 0.2) is 24.3 Å². The minimum Gasteiger partial charge on any atom is -0.310 e. The normalized spacial score (nSPS) is 21.5. The number of hydrogen-bond acceptors (Lipinski definition) is 1. The Balaban J connectivity index is 2.18. The molecule has 1 aliphatic heterocycles. The lowest BCUT2D eigenvalue weighted by atomic mass is 9.96. The minimum absolute atomic E-state index is 0.511. The molecule has 0 saturated carbocycles. The molecule has 0 aromatic heterocycles. The van der Waals surface area contributed by atoms with E-state index in [1.807, 2.05) is 12.1 Å². The first-order valence-electron chi connectivity index (χ1n) is 5.20. The third kappa shape index (κ3) is 1.97. The van der Waals surface area contributed by atoms with Crippen LogP contribution in [0, 0.1) is 12.3 Å². The molecule has 1 nitrogen and oxygen atoms in total. The third-order valence-corrected chi connectivity index (χ3v) is 2.77. The van der Waals surface area contributed by atoms with Gasteiger partial charge in [-0.05, 0) is 37.1 Å². The molecule has 0 radical (unpaired) electrons. The summed E-state index contributed by atoms with van der Waals surface area (Å²) in [5.41, 5.74) is 2.31. The summed E-state index contributed by atoms with van der Waals surface area (Å²) in [4.78, 5) is 0. The summed E-state index contributed by atoms with van der Waals surface area (Å²) >= 11 is 0. The van der Waals surface area contributed by atoms with Gasteiger partial charge in [-0.1, -0.05) is 24.5 Å². The Kier molecular flexibility index (Phi) is 2.86. The smallest absolute Gasteiger partial charge is 0.0320 e. The van der Waals surface area contributed by atoms with Crippen LogP contribution in [0.4, 0.5) is 0 Å². The van der Waals surface area contributed by atoms with E-state index in [-0.39, 0.29) is 0 Å². The van der Waals surface area contributed by atoms with E-state index in [4.69, 9.17) is 6.42 Å². The minimum atomic E-state index is 0.511. The van der Waals surface area contributed by atoms with E-state index < -0.39 is 0 Å². The fourth-order valence-corrected chi connectivity index (χ4v) is 1.98. The predicted molar refractivity (Wildman–Crippen MR) is 59.0 cm³/mol. The molecule has 2 rings (SSSR count). The van der Waals surface area contributed by atoms with Gasteiger partial charge in [0.1, 0.15) is 0 Å². The summed E-state index contributed by atoms with van der Waals surface area (Å²) in [6, 6.07) is 8.80. The first-order valence-corrected chi connectivity index (χ1v) is 5.20. The van der Waals surface area contributed by atoms with Crippen molar-refractivity contribution in [3.05, 3.63) is 35.4 Å². The third-order valence-electron chi connectivity index (χ3n) is 2.77. The molecule has 1 heterocycles. The van der Waals surface area contributed by atoms with Crippen LogP contribution in [0.1, 0.15) is 36.4 Å². The van der Waals surface area contributed by atoms with Crippen LogP contribution in [0.3, 0.4) is 0 Å². The van der Waals surface area contributed by atoms with Crippen molar-refractivity contribution in [1.29, 1.82) is 0 Å². The maximum atomic E-state index is 5.38. The Morgan fingerprint density at radius 1 is 1.36 bits per heavy atom. The van der Waals surface area contributed by atoms with Crippen molar-refractivity contribution < 1.29 is 0 Å². The highest BCUT2D eigenvalue weighted by Crippen LogP contribution is 2.23. The van der Waals surface area contributed by atoms with Gasteiger partial charge in [-0.2, -0.15) is 0 Å². The van der Waals surface area contributed by atoms with E-state index in [2.05, 4.69) is 23.4 Å². The van der Waals surface area contributed by atoms with Crippen LogP contribution in [-0.2, 0) is 0 Å². The Labute approximate surface area is 85.5 Å². The lowest BCUT2D eigenvalue weighted by molar-refractivity contribution is 0.412. The molecule has 1 aromatic rings. The topological polar surface area (TPSA) is 12.0 Å². The lowest BCUT2D eigenvalue weighted by Crippen LogP contribution is -2.26. The molecule has 1 aromatic carbocycles. The molecular weight excluding hydrogens is 170 g/mol. The van der Waals surface area contributed by atoms with Crippen LogP contribution in [0.25, 0.3) is 0 Å². The maximum absolute atomic E-state index is 5.38. The fourth-order valence-electron chi connectivity index (χ4n) is 1.98. The number of nitrogens with one attached hydrogen (secondary N) is 1. The van der Waals surface area contributed by atoms with Crippen LogP contribution in [0.5, 0.6) is 0 Å². The first kappa shape index (κ1) is 9.30. The second-order valence-electron chi connectivity index (χ2n) is 3.77. The molecule has 0 amide bonds. The zero-order valence-electron chi connectivity index (χ0n) is 8.29. The van der Waals surface area contributed by atoms with Gasteiger partial charge >= 0.3 is 0 Å². The van der Waals surface area contributed by atoms with Gasteiger partial charge < -0.3 is 5.32 Å². The van der Waals surface area contributed by atoms with Crippen molar-refractivity contribution in [2.24, 2.45) is 0 Å². The summed E-state index contributed by atoms with van der Waals surface area (Å²) < 4.78 is 0. The highest BCUT2D eigenvalue weighted by molar-refractivity contribution is 5.36. The number of piperidine rings is 1. The van der Waals surface area contributed by atoms with Gasteiger partial charge in [-0.3, -0.25) is 0 Å². The van der Waals surface area contributed by atoms with Crippen molar-refractivity contribution in [1.82, 2.24) is 5.32 Å². The monoisotopic (exact) mass is 185 g/mol. The van der Waals surface area contributed by atoms with Crippen molar-refractivity contribution in [2.75, 3.05) is 6.54 Å². The molecule has 0 aliphatic carbocycles. The van der Waals surface area contributed by atoms with Gasteiger partial charge in [-0.25, -0.2) is 0 Å². The van der Waals surface area contributed by atoms with E-state index in [1.165, 1.54) is 24.8 Å². The number of rotatable bonds is 1. The zero-order chi connectivity index (χ0) is 9.80. The lowest BCUT2D eigenvalue weighted by Gasteiger charge is -2.23. The Morgan fingerprint density at radius 2 is 2.29 bits per heavy atom. The molecule has 1 atom stereocenters. The summed E-state index contributed by atoms with van der Waals surface area (Å²) in [6.07, 6.45) is 9.22. The summed E-state index contributed by atoms with van der Waals surface area (Å²) in [5, 5.41) is 3.52. The van der Waals surface area contributed by atoms with Gasteiger partial charge in [-0.15, -0.1) is 6.42 Å². The second kappa shape index (κ2) is 4.30. The van der Waals surface area contributed by atoms with E-state index in [0.717, 1.165) is 12.1 Å². The van der Waals surface area contributed by atoms with Crippen molar-refractivity contribution in [3.63, 3.8) is 0 Å². The van der Waals surface area contributed by atoms with Crippen LogP contribution in [-0.4, -0.2) is 6.54 Å². The molecule has 0 spiro atoms. The van der Waals surface area contributed by atoms with Gasteiger partial charge in [0.05, 0.1) is 0 Å². The molecule has 14 heavy (non-hydrogen) atoms. The van der Waals surface area contributed by atoms with E-state index in [1.54, 1.807) is 0 Å². The molecule has 1 fully saturated rings. The summed E-state index contributed by atoms with van der Waals surface area (Å²) in [7, 11) is 0. The van der Waals surface area contributed by atoms with Gasteiger partial charge in [0, 0.05) is 11.6 Å². The van der Waals surface area contributed by atoms with Gasteiger partial charge in [0.15, 0.2) is 0 Å². The van der Waals surface area contributed by atoms with Crippen LogP contribution < -0.4 is 5.32 Å². The largest absolute Gasteiger partial charge is 0.310 e. The Hall–Kier alpha value is -1.26. The predicted octanol–water partition coefficient (Wildman–Crippen LogP) is 2.48. The highest BCUT2D eigenvalue weighted by atomic mass is 14.9. The van der Waals surface area contributed by atoms with E-state index in [9.17, 15) is 0 Å². The van der Waals surface area contributed by atoms with Gasteiger partial charge in [0.25, 0.3) is 0 Å². The summed E-state index contributed by atoms with van der Waals surface area (Å²) in [6.45, 7) is 1.13. The molecule has 1 N–H and O–H groups in total. The van der Waals surface area contributed by atoms with Crippen molar-refractivity contribution in [3.8, 4) is 12.3 Å². The quantitative estimate of drug-likeness (QED) is 0.663. The number of terminal acetylenes is 1. The highest BCUT2D eigenvalue weighted by Gasteiger charge is 2.14. The molecule has 1 heteroatoms. The number of hydrogen-bond donors (Lipinski definition) is 1. The first-order chi connectivity index (χ1) is 6.90. The summed E-state index contributed by atoms with van der Waals surface area (Å²) in [5.74, 6) is 2.68. The average Bonchev–Trinajstić information content (AvgIpc) is 2.30. The Bertz CT molecular complexity index is 342. The van der Waals surface area contributed by atoms with Gasteiger partial charge in [0.2, 0.25) is 0 Å². The SMILES string of the molecule is C#Cc1cccc(C2CCCCN2)c1. The second-order valence-corrected chi connectivity index (χ2v) is 3.77. The van der Waals surface area contributed by atoms with E-state index >= 15 is 0 Å². The van der Waals surface area contributed by atoms with E-state index in [0.29, 0.717) is 6.04 Å². The van der Waals surface area contributed by atoms with Crippen molar-refractivity contribution in [2.45, 2.75) is 25.3 Å². The molecule has 72 valence electrons. The Morgan fingerprint density at radius 3 is 3.00 bits per heavy atom. The maximum Gasteiger partial charge on any atom is 0.0320 e. The van der Waals surface area contributed by atoms with Crippen LogP contribution >= 0.6 is 0 Å². The molecule has 0 bridgehead atoms. The van der Waals surface area contributed by atoms with Crippen LogP contribution in [0.2, 0.25) is 0 Å². The molecular formula is C13H15N. The average molecular weight is 185 g/mol. The van der Waals surface area contributed by atoms with Crippen molar-refractivity contribution >= 4 is 0 Å². The standard InChI is InChI=1S/C13H15N/c1-2-11-6-5-7-12(10-11)13-8-3-4-9-14-13/h1,5-7,10,13-14H,3-4,8-9H2. The molecule has 1 aliphatic rings. The zero-order valence-corrected chi connectivity index (χ0v) is 8.29. The fraction of sp³-hybridized carbons (Fsp3) is 0.385.